The van der Waals surface area contributed by atoms with Crippen molar-refractivity contribution < 1.29 is 17.9 Å². The summed E-state index contributed by atoms with van der Waals surface area (Å²) in [6.07, 6.45) is -4.55. The van der Waals surface area contributed by atoms with E-state index in [1.54, 1.807) is 0 Å². The third kappa shape index (κ3) is 6.98. The Morgan fingerprint density at radius 3 is 2.33 bits per heavy atom. The molecule has 0 aliphatic heterocycles. The minimum absolute atomic E-state index is 0.250. The molecule has 0 N–H and O–H groups in total. The minimum Gasteiger partial charge on any atom is -0.296 e. The Bertz CT molecular complexity index is 332. The highest BCUT2D eigenvalue weighted by atomic mass is 79.9. The van der Waals surface area contributed by atoms with Gasteiger partial charge in [0.1, 0.15) is 0 Å². The summed E-state index contributed by atoms with van der Waals surface area (Å²) in [5.74, 6) is 0. The summed E-state index contributed by atoms with van der Waals surface area (Å²) in [5.41, 5.74) is 1.07. The predicted molar refractivity (Wildman–Crippen MR) is 67.5 cm³/mol. The Morgan fingerprint density at radius 2 is 1.78 bits per heavy atom. The lowest BCUT2D eigenvalue weighted by Crippen LogP contribution is -2.30. The normalized spacial score (nSPS) is 12.1. The fourth-order valence-corrected chi connectivity index (χ4v) is 2.02. The molecule has 102 valence electrons. The Kier molecular flexibility index (Phi) is 6.67. The van der Waals surface area contributed by atoms with E-state index in [1.807, 2.05) is 35.2 Å². The van der Waals surface area contributed by atoms with Crippen LogP contribution in [0.3, 0.4) is 0 Å². The van der Waals surface area contributed by atoms with Gasteiger partial charge in [-0.3, -0.25) is 9.64 Å². The monoisotopic (exact) mass is 325 g/mol. The zero-order valence-corrected chi connectivity index (χ0v) is 11.4. The standard InChI is InChI=1S/C12H15BrF3NO/c13-6-7-17(8-9-18-12(14,15)16)10-11-4-2-1-3-5-11/h1-5H,6-10H2. The van der Waals surface area contributed by atoms with Gasteiger partial charge >= 0.3 is 6.36 Å². The zero-order chi connectivity index (χ0) is 13.4. The van der Waals surface area contributed by atoms with Gasteiger partial charge in [-0.05, 0) is 5.56 Å². The van der Waals surface area contributed by atoms with Crippen LogP contribution in [-0.2, 0) is 11.3 Å². The number of hydrogen-bond acceptors (Lipinski definition) is 2. The number of nitrogens with zero attached hydrogens (tertiary/aromatic N) is 1. The molecule has 0 radical (unpaired) electrons. The van der Waals surface area contributed by atoms with Crippen LogP contribution >= 0.6 is 15.9 Å². The topological polar surface area (TPSA) is 12.5 Å². The van der Waals surface area contributed by atoms with Crippen molar-refractivity contribution in [2.75, 3.05) is 25.0 Å². The van der Waals surface area contributed by atoms with Crippen LogP contribution in [0.5, 0.6) is 0 Å². The number of benzene rings is 1. The molecule has 0 saturated carbocycles. The number of alkyl halides is 4. The second kappa shape index (κ2) is 7.76. The van der Waals surface area contributed by atoms with E-state index in [-0.39, 0.29) is 13.2 Å². The predicted octanol–water partition coefficient (Wildman–Crippen LogP) is 3.42. The van der Waals surface area contributed by atoms with Crippen molar-refractivity contribution in [1.29, 1.82) is 0 Å². The van der Waals surface area contributed by atoms with E-state index in [1.165, 1.54) is 0 Å². The van der Waals surface area contributed by atoms with Crippen molar-refractivity contribution >= 4 is 15.9 Å². The highest BCUT2D eigenvalue weighted by molar-refractivity contribution is 9.09. The van der Waals surface area contributed by atoms with Crippen LogP contribution in [-0.4, -0.2) is 36.3 Å². The maximum Gasteiger partial charge on any atom is 0.522 e. The second-order valence-corrected chi connectivity index (χ2v) is 4.54. The van der Waals surface area contributed by atoms with E-state index in [4.69, 9.17) is 0 Å². The van der Waals surface area contributed by atoms with Crippen molar-refractivity contribution in [2.24, 2.45) is 0 Å². The van der Waals surface area contributed by atoms with E-state index >= 15 is 0 Å². The van der Waals surface area contributed by atoms with Crippen molar-refractivity contribution in [1.82, 2.24) is 4.90 Å². The van der Waals surface area contributed by atoms with Gasteiger partial charge in [0.25, 0.3) is 0 Å². The molecule has 18 heavy (non-hydrogen) atoms. The molecule has 0 fully saturated rings. The van der Waals surface area contributed by atoms with Crippen LogP contribution in [0.1, 0.15) is 5.56 Å². The highest BCUT2D eigenvalue weighted by Crippen LogP contribution is 2.16. The molecule has 2 nitrogen and oxygen atoms in total. The third-order valence-corrected chi connectivity index (χ3v) is 2.68. The molecular formula is C12H15BrF3NO. The molecule has 0 heterocycles. The Balaban J connectivity index is 2.40. The lowest BCUT2D eigenvalue weighted by Gasteiger charge is -2.21. The van der Waals surface area contributed by atoms with Gasteiger partial charge < -0.3 is 0 Å². The molecule has 1 aromatic carbocycles. The van der Waals surface area contributed by atoms with Gasteiger partial charge in [0, 0.05) is 25.0 Å². The molecule has 1 aromatic rings. The maximum atomic E-state index is 11.9. The summed E-state index contributed by atoms with van der Waals surface area (Å²) < 4.78 is 39.4. The molecule has 0 spiro atoms. The molecule has 0 aliphatic rings. The largest absolute Gasteiger partial charge is 0.522 e. The molecule has 0 saturated heterocycles. The smallest absolute Gasteiger partial charge is 0.296 e. The number of hydrogen-bond donors (Lipinski definition) is 0. The molecule has 6 heteroatoms. The van der Waals surface area contributed by atoms with Crippen molar-refractivity contribution in [2.45, 2.75) is 12.9 Å². The third-order valence-electron chi connectivity index (χ3n) is 2.32. The van der Waals surface area contributed by atoms with Crippen molar-refractivity contribution in [3.63, 3.8) is 0 Å². The van der Waals surface area contributed by atoms with E-state index in [2.05, 4.69) is 20.7 Å². The van der Waals surface area contributed by atoms with Crippen molar-refractivity contribution in [3.8, 4) is 0 Å². The minimum atomic E-state index is -4.55. The van der Waals surface area contributed by atoms with Gasteiger partial charge in [0.2, 0.25) is 0 Å². The first-order valence-corrected chi connectivity index (χ1v) is 6.66. The number of rotatable bonds is 7. The van der Waals surface area contributed by atoms with Gasteiger partial charge in [-0.2, -0.15) is 0 Å². The maximum absolute atomic E-state index is 11.9. The van der Waals surface area contributed by atoms with Crippen molar-refractivity contribution in [3.05, 3.63) is 35.9 Å². The average Bonchev–Trinajstić information content (AvgIpc) is 2.29. The van der Waals surface area contributed by atoms with Gasteiger partial charge in [-0.15, -0.1) is 13.2 Å². The fourth-order valence-electron chi connectivity index (χ4n) is 1.52. The first-order valence-electron chi connectivity index (χ1n) is 5.54. The molecule has 0 aliphatic carbocycles. The number of halogens is 4. The highest BCUT2D eigenvalue weighted by Gasteiger charge is 2.28. The molecule has 0 atom stereocenters. The van der Waals surface area contributed by atoms with Crippen LogP contribution in [0.15, 0.2) is 30.3 Å². The first-order chi connectivity index (χ1) is 8.51. The lowest BCUT2D eigenvalue weighted by molar-refractivity contribution is -0.325. The quantitative estimate of drug-likeness (QED) is 0.712. The fraction of sp³-hybridized carbons (Fsp3) is 0.500. The average molecular weight is 326 g/mol. The summed E-state index contributed by atoms with van der Waals surface area (Å²) in [6.45, 7) is 1.20. The van der Waals surface area contributed by atoms with Crippen LogP contribution in [0.25, 0.3) is 0 Å². The molecular weight excluding hydrogens is 311 g/mol. The van der Waals surface area contributed by atoms with Crippen LogP contribution < -0.4 is 0 Å². The van der Waals surface area contributed by atoms with Crippen LogP contribution in [0.2, 0.25) is 0 Å². The van der Waals surface area contributed by atoms with E-state index < -0.39 is 6.36 Å². The van der Waals surface area contributed by atoms with Crippen LogP contribution in [0.4, 0.5) is 13.2 Å². The summed E-state index contributed by atoms with van der Waals surface area (Å²) >= 11 is 3.29. The Morgan fingerprint density at radius 1 is 1.11 bits per heavy atom. The summed E-state index contributed by atoms with van der Waals surface area (Å²) in [6, 6.07) is 9.63. The summed E-state index contributed by atoms with van der Waals surface area (Å²) in [5, 5.41) is 0.714. The number of ether oxygens (including phenoxy) is 1. The molecule has 0 bridgehead atoms. The van der Waals surface area contributed by atoms with Gasteiger partial charge in [0.15, 0.2) is 0 Å². The molecule has 0 amide bonds. The zero-order valence-electron chi connectivity index (χ0n) is 9.79. The Labute approximate surface area is 113 Å². The SMILES string of the molecule is FC(F)(F)OCCN(CCBr)Cc1ccccc1. The Hall–Kier alpha value is -0.590. The summed E-state index contributed by atoms with van der Waals surface area (Å²) in [4.78, 5) is 1.91. The van der Waals surface area contributed by atoms with E-state index in [0.29, 0.717) is 18.4 Å². The molecule has 0 unspecified atom stereocenters. The van der Waals surface area contributed by atoms with E-state index in [0.717, 1.165) is 5.56 Å². The molecule has 0 aromatic heterocycles. The van der Waals surface area contributed by atoms with Gasteiger partial charge in [-0.1, -0.05) is 46.3 Å². The van der Waals surface area contributed by atoms with E-state index in [9.17, 15) is 13.2 Å². The molecule has 1 rings (SSSR count). The first kappa shape index (κ1) is 15.5. The van der Waals surface area contributed by atoms with Gasteiger partial charge in [-0.25, -0.2) is 0 Å². The van der Waals surface area contributed by atoms with Crippen LogP contribution in [0, 0.1) is 0 Å². The second-order valence-electron chi connectivity index (χ2n) is 3.74. The lowest BCUT2D eigenvalue weighted by atomic mass is 10.2. The van der Waals surface area contributed by atoms with Gasteiger partial charge in [0.05, 0.1) is 6.61 Å². The summed E-state index contributed by atoms with van der Waals surface area (Å²) in [7, 11) is 0.